The fourth-order valence-electron chi connectivity index (χ4n) is 1.04. The topological polar surface area (TPSA) is 61.0 Å². The number of para-hydroxylation sites is 1. The van der Waals surface area contributed by atoms with Crippen LogP contribution in [0, 0.1) is 6.92 Å². The number of benzene rings is 1. The second kappa shape index (κ2) is 4.16. The van der Waals surface area contributed by atoms with Gasteiger partial charge in [-0.1, -0.05) is 6.07 Å². The van der Waals surface area contributed by atoms with Gasteiger partial charge in [-0.3, -0.25) is 0 Å². The lowest BCUT2D eigenvalue weighted by molar-refractivity contribution is 0.477. The minimum atomic E-state index is 0.492. The smallest absolute Gasteiger partial charge is 0.298 e. The first-order valence-electron chi connectivity index (χ1n) is 4.19. The number of ether oxygens (including phenoxy) is 1. The van der Waals surface area contributed by atoms with Crippen LogP contribution in [0.3, 0.4) is 0 Å². The summed E-state index contributed by atoms with van der Waals surface area (Å²) in [5, 5.41) is 0.492. The summed E-state index contributed by atoms with van der Waals surface area (Å²) in [7, 11) is 0. The van der Waals surface area contributed by atoms with Gasteiger partial charge in [0.1, 0.15) is 5.82 Å². The molecule has 1 aromatic heterocycles. The minimum absolute atomic E-state index is 0.492. The van der Waals surface area contributed by atoms with Crippen LogP contribution in [0.1, 0.15) is 5.82 Å². The molecule has 0 atom stereocenters. The maximum Gasteiger partial charge on any atom is 0.298 e. The van der Waals surface area contributed by atoms with Gasteiger partial charge in [-0.05, 0) is 35.0 Å². The van der Waals surface area contributed by atoms with E-state index in [2.05, 4.69) is 25.3 Å². The average molecular weight is 286 g/mol. The van der Waals surface area contributed by atoms with Crippen LogP contribution in [-0.4, -0.2) is 9.36 Å². The van der Waals surface area contributed by atoms with Crippen molar-refractivity contribution in [3.63, 3.8) is 0 Å². The Morgan fingerprint density at radius 1 is 1.47 bits per heavy atom. The maximum atomic E-state index is 5.78. The molecule has 78 valence electrons. The highest BCUT2D eigenvalue weighted by molar-refractivity contribution is 9.10. The number of hydrogen-bond donors (Lipinski definition) is 1. The van der Waals surface area contributed by atoms with E-state index in [1.165, 1.54) is 11.5 Å². The van der Waals surface area contributed by atoms with Crippen LogP contribution in [0.5, 0.6) is 10.9 Å². The normalized spacial score (nSPS) is 10.3. The Bertz CT molecular complexity index is 466. The van der Waals surface area contributed by atoms with E-state index >= 15 is 0 Å². The predicted octanol–water partition coefficient (Wildman–Crippen LogP) is 2.98. The quantitative estimate of drug-likeness (QED) is 0.862. The molecule has 0 aliphatic heterocycles. The highest BCUT2D eigenvalue weighted by Gasteiger charge is 2.09. The third kappa shape index (κ3) is 2.27. The first-order chi connectivity index (χ1) is 7.16. The van der Waals surface area contributed by atoms with E-state index in [9.17, 15) is 0 Å². The van der Waals surface area contributed by atoms with E-state index in [1.54, 1.807) is 6.07 Å². The molecule has 2 N–H and O–H groups in total. The number of rotatable bonds is 2. The van der Waals surface area contributed by atoms with Gasteiger partial charge >= 0.3 is 0 Å². The fourth-order valence-corrected chi connectivity index (χ4v) is 2.05. The number of nitrogen functional groups attached to an aromatic ring is 1. The van der Waals surface area contributed by atoms with Crippen LogP contribution in [-0.2, 0) is 0 Å². The molecule has 0 aliphatic rings. The number of nitrogens with two attached hydrogens (primary N) is 1. The summed E-state index contributed by atoms with van der Waals surface area (Å²) in [5.41, 5.74) is 6.34. The summed E-state index contributed by atoms with van der Waals surface area (Å²) in [6.07, 6.45) is 0. The van der Waals surface area contributed by atoms with Crippen molar-refractivity contribution in [2.24, 2.45) is 0 Å². The van der Waals surface area contributed by atoms with Crippen LogP contribution >= 0.6 is 27.5 Å². The molecule has 0 fully saturated rings. The van der Waals surface area contributed by atoms with Crippen LogP contribution in [0.15, 0.2) is 22.7 Å². The van der Waals surface area contributed by atoms with Gasteiger partial charge in [0.2, 0.25) is 0 Å². The molecule has 0 unspecified atom stereocenters. The van der Waals surface area contributed by atoms with Crippen molar-refractivity contribution in [3.8, 4) is 10.9 Å². The number of nitrogens with zero attached hydrogens (tertiary/aromatic N) is 2. The number of aromatic nitrogens is 2. The summed E-state index contributed by atoms with van der Waals surface area (Å²) < 4.78 is 10.4. The average Bonchev–Trinajstić information content (AvgIpc) is 2.58. The zero-order valence-electron chi connectivity index (χ0n) is 7.90. The van der Waals surface area contributed by atoms with Gasteiger partial charge in [-0.25, -0.2) is 0 Å². The zero-order valence-corrected chi connectivity index (χ0v) is 10.3. The highest BCUT2D eigenvalue weighted by Crippen LogP contribution is 2.35. The lowest BCUT2D eigenvalue weighted by atomic mass is 10.3. The lowest BCUT2D eigenvalue weighted by Crippen LogP contribution is -1.92. The van der Waals surface area contributed by atoms with Crippen molar-refractivity contribution in [1.82, 2.24) is 9.36 Å². The van der Waals surface area contributed by atoms with Crippen molar-refractivity contribution >= 4 is 33.1 Å². The van der Waals surface area contributed by atoms with Crippen molar-refractivity contribution < 1.29 is 4.74 Å². The Balaban J connectivity index is 2.31. The van der Waals surface area contributed by atoms with Gasteiger partial charge in [0, 0.05) is 11.5 Å². The summed E-state index contributed by atoms with van der Waals surface area (Å²) in [6.45, 7) is 1.81. The van der Waals surface area contributed by atoms with E-state index in [4.69, 9.17) is 10.5 Å². The predicted molar refractivity (Wildman–Crippen MR) is 63.3 cm³/mol. The molecular weight excluding hydrogens is 278 g/mol. The molecule has 15 heavy (non-hydrogen) atoms. The van der Waals surface area contributed by atoms with Crippen molar-refractivity contribution in [3.05, 3.63) is 28.5 Å². The molecule has 2 aromatic rings. The zero-order chi connectivity index (χ0) is 10.8. The molecule has 1 heterocycles. The van der Waals surface area contributed by atoms with Gasteiger partial charge in [-0.15, -0.1) is 0 Å². The first-order valence-corrected chi connectivity index (χ1v) is 5.75. The largest absolute Gasteiger partial charge is 0.426 e. The lowest BCUT2D eigenvalue weighted by Gasteiger charge is -2.06. The number of anilines is 1. The minimum Gasteiger partial charge on any atom is -0.426 e. The molecule has 0 amide bonds. The van der Waals surface area contributed by atoms with Crippen molar-refractivity contribution in [2.45, 2.75) is 6.92 Å². The van der Waals surface area contributed by atoms with E-state index in [0.717, 1.165) is 4.47 Å². The molecule has 0 radical (unpaired) electrons. The SMILES string of the molecule is Cc1nsc(Oc2c(N)cccc2Br)n1. The summed E-state index contributed by atoms with van der Waals surface area (Å²) in [5.74, 6) is 1.27. The number of halogens is 1. The summed E-state index contributed by atoms with van der Waals surface area (Å²) in [4.78, 5) is 4.10. The fraction of sp³-hybridized carbons (Fsp3) is 0.111. The van der Waals surface area contributed by atoms with E-state index < -0.39 is 0 Å². The molecule has 0 aliphatic carbocycles. The molecule has 0 spiro atoms. The first kappa shape index (κ1) is 10.4. The molecule has 1 aromatic carbocycles. The second-order valence-corrected chi connectivity index (χ2v) is 4.44. The standard InChI is InChI=1S/C9H8BrN3OS/c1-5-12-9(15-13-5)14-8-6(10)3-2-4-7(8)11/h2-4H,11H2,1H3. The van der Waals surface area contributed by atoms with Crippen LogP contribution in [0.25, 0.3) is 0 Å². The second-order valence-electron chi connectivity index (χ2n) is 2.87. The number of hydrogen-bond acceptors (Lipinski definition) is 5. The summed E-state index contributed by atoms with van der Waals surface area (Å²) >= 11 is 4.56. The van der Waals surface area contributed by atoms with E-state index in [0.29, 0.717) is 22.5 Å². The Morgan fingerprint density at radius 3 is 2.87 bits per heavy atom. The molecule has 0 saturated heterocycles. The van der Waals surface area contributed by atoms with Gasteiger partial charge in [-0.2, -0.15) is 9.36 Å². The molecule has 4 nitrogen and oxygen atoms in total. The van der Waals surface area contributed by atoms with Gasteiger partial charge in [0.25, 0.3) is 5.19 Å². The Kier molecular flexibility index (Phi) is 2.88. The third-order valence-corrected chi connectivity index (χ3v) is 3.01. The van der Waals surface area contributed by atoms with Crippen molar-refractivity contribution in [1.29, 1.82) is 0 Å². The molecule has 6 heteroatoms. The Morgan fingerprint density at radius 2 is 2.27 bits per heavy atom. The van der Waals surface area contributed by atoms with Crippen molar-refractivity contribution in [2.75, 3.05) is 5.73 Å². The van der Waals surface area contributed by atoms with E-state index in [-0.39, 0.29) is 0 Å². The summed E-state index contributed by atoms with van der Waals surface area (Å²) in [6, 6.07) is 5.48. The molecule has 2 rings (SSSR count). The molecule has 0 saturated carbocycles. The van der Waals surface area contributed by atoms with Crippen LogP contribution < -0.4 is 10.5 Å². The Hall–Kier alpha value is -1.14. The molecular formula is C9H8BrN3OS. The monoisotopic (exact) mass is 285 g/mol. The van der Waals surface area contributed by atoms with Gasteiger partial charge in [0.15, 0.2) is 5.75 Å². The molecule has 0 bridgehead atoms. The van der Waals surface area contributed by atoms with Crippen LogP contribution in [0.4, 0.5) is 5.69 Å². The van der Waals surface area contributed by atoms with E-state index in [1.807, 2.05) is 19.1 Å². The highest BCUT2D eigenvalue weighted by atomic mass is 79.9. The third-order valence-electron chi connectivity index (χ3n) is 1.70. The number of aryl methyl sites for hydroxylation is 1. The Labute approximate surface area is 99.4 Å². The van der Waals surface area contributed by atoms with Gasteiger partial charge < -0.3 is 10.5 Å². The van der Waals surface area contributed by atoms with Gasteiger partial charge in [0.05, 0.1) is 10.2 Å². The maximum absolute atomic E-state index is 5.78. The van der Waals surface area contributed by atoms with Crippen LogP contribution in [0.2, 0.25) is 0 Å².